The average Bonchev–Trinajstić information content (AvgIpc) is 3.16. The number of nitrogens with zero attached hydrogens (tertiary/aromatic N) is 2. The van der Waals surface area contributed by atoms with Gasteiger partial charge in [-0.25, -0.2) is 4.79 Å². The number of nitrogens with two attached hydrogens (primary N) is 1. The summed E-state index contributed by atoms with van der Waals surface area (Å²) in [7, 11) is 0. The van der Waals surface area contributed by atoms with Gasteiger partial charge in [-0.2, -0.15) is 5.26 Å². The van der Waals surface area contributed by atoms with Gasteiger partial charge in [0.1, 0.15) is 11.7 Å². The quantitative estimate of drug-likeness (QED) is 0.424. The molecular weight excluding hydrogens is 468 g/mol. The number of carboxylic acid groups (broad SMARTS) is 1. The minimum atomic E-state index is -1.51. The molecule has 1 aliphatic carbocycles. The molecule has 1 aromatic carbocycles. The Labute approximate surface area is 210 Å². The van der Waals surface area contributed by atoms with Crippen LogP contribution in [0.2, 0.25) is 0 Å². The number of carbonyl (C=O) groups is 3. The fourth-order valence-electron chi connectivity index (χ4n) is 5.56. The van der Waals surface area contributed by atoms with E-state index in [1.165, 1.54) is 0 Å². The van der Waals surface area contributed by atoms with Gasteiger partial charge in [-0.1, -0.05) is 44.9 Å². The zero-order chi connectivity index (χ0) is 25.8. The highest BCUT2D eigenvalue weighted by atomic mass is 35.5. The zero-order valence-electron chi connectivity index (χ0n) is 20.2. The van der Waals surface area contributed by atoms with Crippen LogP contribution in [0.15, 0.2) is 24.3 Å². The maximum absolute atomic E-state index is 13.6. The van der Waals surface area contributed by atoms with Crippen molar-refractivity contribution in [3.63, 3.8) is 0 Å². The van der Waals surface area contributed by atoms with Gasteiger partial charge in [-0.15, -0.1) is 11.6 Å². The summed E-state index contributed by atoms with van der Waals surface area (Å²) < 4.78 is 1.67. The summed E-state index contributed by atoms with van der Waals surface area (Å²) >= 11 is 5.92. The Balaban J connectivity index is 2.25. The van der Waals surface area contributed by atoms with Crippen molar-refractivity contribution in [2.75, 3.05) is 5.88 Å². The molecule has 2 amide bonds. The number of para-hydroxylation sites is 1. The molecule has 0 radical (unpaired) electrons. The van der Waals surface area contributed by atoms with Gasteiger partial charge in [-0.3, -0.25) is 9.59 Å². The van der Waals surface area contributed by atoms with Crippen LogP contribution < -0.4 is 11.1 Å². The van der Waals surface area contributed by atoms with E-state index in [9.17, 15) is 24.8 Å². The molecule has 3 rings (SSSR count). The third-order valence-corrected chi connectivity index (χ3v) is 7.25. The first-order valence-electron chi connectivity index (χ1n) is 12.1. The molecule has 1 heterocycles. The number of nitriles is 1. The van der Waals surface area contributed by atoms with Crippen molar-refractivity contribution >= 4 is 40.3 Å². The Kier molecular flexibility index (Phi) is 8.44. The SMILES string of the molecule is CC(C)C[C@@H](C#N)NC(=O)[C@@H]1CCCC[C@@]1(C(N)=O)c1c(C(=O)O)n(CCCCl)c2ccccc12. The van der Waals surface area contributed by atoms with Crippen molar-refractivity contribution in [2.24, 2.45) is 17.6 Å². The van der Waals surface area contributed by atoms with E-state index in [0.717, 1.165) is 0 Å². The largest absolute Gasteiger partial charge is 0.477 e. The zero-order valence-corrected chi connectivity index (χ0v) is 21.0. The summed E-state index contributed by atoms with van der Waals surface area (Å²) in [6.45, 7) is 4.27. The Morgan fingerprint density at radius 2 is 2.03 bits per heavy atom. The fourth-order valence-corrected chi connectivity index (χ4v) is 5.68. The number of primary amides is 1. The summed E-state index contributed by atoms with van der Waals surface area (Å²) in [6, 6.07) is 8.59. The molecule has 35 heavy (non-hydrogen) atoms. The molecule has 1 aromatic heterocycles. The van der Waals surface area contributed by atoms with Gasteiger partial charge in [0.2, 0.25) is 11.8 Å². The number of hydrogen-bond acceptors (Lipinski definition) is 4. The average molecular weight is 501 g/mol. The molecule has 1 aliphatic rings. The van der Waals surface area contributed by atoms with Gasteiger partial charge in [0.05, 0.1) is 17.4 Å². The van der Waals surface area contributed by atoms with Gasteiger partial charge in [0.25, 0.3) is 0 Å². The van der Waals surface area contributed by atoms with E-state index in [1.807, 2.05) is 13.8 Å². The number of aromatic carboxylic acids is 1. The number of aryl methyl sites for hydroxylation is 1. The Hall–Kier alpha value is -3.05. The molecule has 4 N–H and O–H groups in total. The first kappa shape index (κ1) is 26.6. The Bertz CT molecular complexity index is 1150. The van der Waals surface area contributed by atoms with Gasteiger partial charge >= 0.3 is 5.97 Å². The molecular formula is C26H33ClN4O4. The van der Waals surface area contributed by atoms with Crippen molar-refractivity contribution in [1.82, 2.24) is 9.88 Å². The van der Waals surface area contributed by atoms with Crippen molar-refractivity contribution in [2.45, 2.75) is 70.4 Å². The monoisotopic (exact) mass is 500 g/mol. The lowest BCUT2D eigenvalue weighted by Crippen LogP contribution is -2.56. The van der Waals surface area contributed by atoms with E-state index in [-0.39, 0.29) is 18.0 Å². The molecule has 3 atom stereocenters. The number of hydrogen-bond donors (Lipinski definition) is 3. The fraction of sp³-hybridized carbons (Fsp3) is 0.538. The molecule has 0 bridgehead atoms. The van der Waals surface area contributed by atoms with Crippen LogP contribution in [-0.4, -0.2) is 39.4 Å². The number of benzene rings is 1. The maximum Gasteiger partial charge on any atom is 0.352 e. The van der Waals surface area contributed by atoms with Crippen molar-refractivity contribution in [3.8, 4) is 6.07 Å². The number of nitrogens with one attached hydrogen (secondary N) is 1. The molecule has 1 fully saturated rings. The third kappa shape index (κ3) is 5.01. The molecule has 0 spiro atoms. The smallest absolute Gasteiger partial charge is 0.352 e. The van der Waals surface area contributed by atoms with Crippen molar-refractivity contribution < 1.29 is 19.5 Å². The van der Waals surface area contributed by atoms with E-state index in [4.69, 9.17) is 17.3 Å². The van der Waals surface area contributed by atoms with Gasteiger partial charge in [0, 0.05) is 28.9 Å². The minimum Gasteiger partial charge on any atom is -0.477 e. The van der Waals surface area contributed by atoms with Crippen LogP contribution in [0.3, 0.4) is 0 Å². The van der Waals surface area contributed by atoms with Gasteiger partial charge < -0.3 is 20.7 Å². The maximum atomic E-state index is 13.6. The summed E-state index contributed by atoms with van der Waals surface area (Å²) in [5, 5.41) is 23.3. The second kappa shape index (κ2) is 11.1. The number of halogens is 1. The van der Waals surface area contributed by atoms with Crippen LogP contribution in [-0.2, 0) is 21.5 Å². The summed E-state index contributed by atoms with van der Waals surface area (Å²) in [4.78, 5) is 39.6. The summed E-state index contributed by atoms with van der Waals surface area (Å²) in [5.74, 6) is -2.71. The lowest BCUT2D eigenvalue weighted by atomic mass is 9.60. The number of rotatable bonds is 10. The van der Waals surface area contributed by atoms with Crippen LogP contribution >= 0.6 is 11.6 Å². The number of aromatic nitrogens is 1. The van der Waals surface area contributed by atoms with E-state index in [0.29, 0.717) is 61.0 Å². The number of fused-ring (bicyclic) bond motifs is 1. The van der Waals surface area contributed by atoms with E-state index in [2.05, 4.69) is 11.4 Å². The van der Waals surface area contributed by atoms with Crippen LogP contribution in [0.1, 0.15) is 68.4 Å². The molecule has 0 saturated heterocycles. The van der Waals surface area contributed by atoms with Gasteiger partial charge in [0.15, 0.2) is 0 Å². The highest BCUT2D eigenvalue weighted by Gasteiger charge is 2.54. The second-order valence-electron chi connectivity index (χ2n) is 9.69. The number of amides is 2. The van der Waals surface area contributed by atoms with Crippen LogP contribution in [0, 0.1) is 23.2 Å². The molecule has 0 aliphatic heterocycles. The van der Waals surface area contributed by atoms with E-state index in [1.54, 1.807) is 28.8 Å². The van der Waals surface area contributed by atoms with Crippen LogP contribution in [0.4, 0.5) is 0 Å². The van der Waals surface area contributed by atoms with E-state index < -0.39 is 35.2 Å². The first-order chi connectivity index (χ1) is 16.7. The molecule has 0 unspecified atom stereocenters. The summed E-state index contributed by atoms with van der Waals surface area (Å²) in [5.41, 5.74) is 5.47. The topological polar surface area (TPSA) is 138 Å². The Morgan fingerprint density at radius 1 is 1.31 bits per heavy atom. The summed E-state index contributed by atoms with van der Waals surface area (Å²) in [6.07, 6.45) is 2.95. The molecule has 1 saturated carbocycles. The number of carboxylic acids is 1. The number of carbonyl (C=O) groups excluding carboxylic acids is 2. The molecule has 2 aromatic rings. The van der Waals surface area contributed by atoms with Crippen LogP contribution in [0.5, 0.6) is 0 Å². The lowest BCUT2D eigenvalue weighted by Gasteiger charge is -2.41. The highest BCUT2D eigenvalue weighted by molar-refractivity contribution is 6.17. The van der Waals surface area contributed by atoms with Crippen molar-refractivity contribution in [1.29, 1.82) is 5.26 Å². The van der Waals surface area contributed by atoms with Crippen molar-refractivity contribution in [3.05, 3.63) is 35.5 Å². The number of alkyl halides is 1. The predicted molar refractivity (Wildman–Crippen MR) is 134 cm³/mol. The molecule has 9 heteroatoms. The highest BCUT2D eigenvalue weighted by Crippen LogP contribution is 2.48. The minimum absolute atomic E-state index is 0.0335. The Morgan fingerprint density at radius 3 is 2.63 bits per heavy atom. The lowest BCUT2D eigenvalue weighted by molar-refractivity contribution is -0.137. The first-order valence-corrected chi connectivity index (χ1v) is 12.6. The third-order valence-electron chi connectivity index (χ3n) is 6.98. The van der Waals surface area contributed by atoms with Crippen LogP contribution in [0.25, 0.3) is 10.9 Å². The molecule has 8 nitrogen and oxygen atoms in total. The van der Waals surface area contributed by atoms with Gasteiger partial charge in [-0.05, 0) is 37.7 Å². The van der Waals surface area contributed by atoms with E-state index >= 15 is 0 Å². The normalized spacial score (nSPS) is 20.9. The predicted octanol–water partition coefficient (Wildman–Crippen LogP) is 3.94. The molecule has 188 valence electrons. The second-order valence-corrected chi connectivity index (χ2v) is 10.1. The standard InChI is InChI=1S/C26H33ClN4O4/c1-16(2)14-17(15-28)30-23(32)19-9-5-6-11-26(19,25(29)35)21-18-8-3-4-10-20(18)31(13-7-12-27)22(21)24(33)34/h3-4,8,10,16-17,19H,5-7,9,11-14H2,1-2H3,(H2,29,35)(H,30,32)(H,33,34)/t17-,19-,26-/m0/s1.